The molecule has 45 heavy (non-hydrogen) atoms. The fraction of sp³-hybridized carbons (Fsp3) is 0.500. The number of carbonyl (C=O) groups excluding carboxylic acids is 1. The van der Waals surface area contributed by atoms with Crippen molar-refractivity contribution in [3.8, 4) is 0 Å². The Morgan fingerprint density at radius 2 is 1.67 bits per heavy atom. The molecule has 1 amide bonds. The predicted molar refractivity (Wildman–Crippen MR) is 170 cm³/mol. The third-order valence-electron chi connectivity index (χ3n) is 7.35. The zero-order chi connectivity index (χ0) is 34.0. The highest BCUT2D eigenvalue weighted by Gasteiger charge is 2.38. The summed E-state index contributed by atoms with van der Waals surface area (Å²) in [5.74, 6) is -3.20. The molecule has 1 aliphatic rings. The normalized spacial score (nSPS) is 17.6. The molecule has 1 aromatic heterocycles. The van der Waals surface area contributed by atoms with Gasteiger partial charge in [-0.25, -0.2) is 8.78 Å². The molecule has 0 spiro atoms. The van der Waals surface area contributed by atoms with Crippen molar-refractivity contribution in [2.24, 2.45) is 4.99 Å². The largest absolute Gasteiger partial charge is 0.416 e. The van der Waals surface area contributed by atoms with Crippen molar-refractivity contribution < 1.29 is 26.7 Å². The lowest BCUT2D eigenvalue weighted by atomic mass is 9.80. The van der Waals surface area contributed by atoms with E-state index in [2.05, 4.69) is 43.4 Å². The van der Waals surface area contributed by atoms with Gasteiger partial charge < -0.3 is 10.6 Å². The van der Waals surface area contributed by atoms with Gasteiger partial charge in [-0.2, -0.15) is 18.3 Å². The summed E-state index contributed by atoms with van der Waals surface area (Å²) in [6.45, 7) is 16.3. The molecule has 2 aromatic carbocycles. The number of benzene rings is 2. The van der Waals surface area contributed by atoms with Crippen molar-refractivity contribution in [2.75, 3.05) is 0 Å². The Balaban J connectivity index is 0.00000271. The summed E-state index contributed by atoms with van der Waals surface area (Å²) in [6, 6.07) is 7.88. The quantitative estimate of drug-likeness (QED) is 0.163. The standard InChI is InChI=1S/C32H38F5N5O.C2H6/c1-19(28(38-20(2)43)39-25-15-29(3,4)41-30(5,6)16-25)12-21-8-11-27-23(13-21)18-42(40-27)17-22-9-10-24(32(35,36)37)14-26(22)31(7,33)34;1-2/h8-14,18,25,41H,15-17H2,1-7H3,(H,38,39,43);1-2H3/b19-12+;. The Morgan fingerprint density at radius 1 is 1.04 bits per heavy atom. The lowest BCUT2D eigenvalue weighted by Gasteiger charge is -2.45. The van der Waals surface area contributed by atoms with E-state index in [0.29, 0.717) is 24.3 Å². The molecule has 0 aliphatic carbocycles. The van der Waals surface area contributed by atoms with Crippen molar-refractivity contribution in [3.63, 3.8) is 0 Å². The number of amidine groups is 1. The molecule has 0 saturated carbocycles. The Hall–Kier alpha value is -3.60. The fourth-order valence-electron chi connectivity index (χ4n) is 6.00. The summed E-state index contributed by atoms with van der Waals surface area (Å²) < 4.78 is 69.5. The van der Waals surface area contributed by atoms with E-state index in [1.807, 2.05) is 39.0 Å². The summed E-state index contributed by atoms with van der Waals surface area (Å²) in [7, 11) is 0. The molecule has 246 valence electrons. The summed E-state index contributed by atoms with van der Waals surface area (Å²) in [5, 5.41) is 11.7. The van der Waals surface area contributed by atoms with E-state index in [9.17, 15) is 26.7 Å². The number of rotatable bonds is 6. The van der Waals surface area contributed by atoms with Crippen LogP contribution < -0.4 is 10.6 Å². The van der Waals surface area contributed by atoms with E-state index in [4.69, 9.17) is 4.99 Å². The van der Waals surface area contributed by atoms with Crippen LogP contribution in [0.15, 0.2) is 53.2 Å². The highest BCUT2D eigenvalue weighted by atomic mass is 19.4. The summed E-state index contributed by atoms with van der Waals surface area (Å²) in [5.41, 5.74) is 0.166. The Labute approximate surface area is 262 Å². The zero-order valence-electron chi connectivity index (χ0n) is 27.5. The molecule has 0 radical (unpaired) electrons. The number of hydrogen-bond donors (Lipinski definition) is 2. The van der Waals surface area contributed by atoms with Crippen LogP contribution in [0.25, 0.3) is 17.0 Å². The fourth-order valence-corrected chi connectivity index (χ4v) is 6.00. The number of aromatic nitrogens is 2. The van der Waals surface area contributed by atoms with Gasteiger partial charge in [-0.15, -0.1) is 0 Å². The number of alkyl halides is 5. The number of hydrogen-bond acceptors (Lipinski definition) is 4. The lowest BCUT2D eigenvalue weighted by Crippen LogP contribution is -2.59. The minimum atomic E-state index is -4.73. The maximum atomic E-state index is 14.3. The van der Waals surface area contributed by atoms with Crippen LogP contribution in [0.1, 0.15) is 97.4 Å². The van der Waals surface area contributed by atoms with Gasteiger partial charge in [-0.3, -0.25) is 14.5 Å². The molecule has 0 atom stereocenters. The van der Waals surface area contributed by atoms with E-state index in [-0.39, 0.29) is 35.1 Å². The molecule has 4 rings (SSSR count). The minimum Gasteiger partial charge on any atom is -0.311 e. The van der Waals surface area contributed by atoms with Gasteiger partial charge in [-0.05, 0) is 94.5 Å². The first-order valence-corrected chi connectivity index (χ1v) is 15.1. The van der Waals surface area contributed by atoms with E-state index in [1.165, 1.54) is 11.6 Å². The van der Waals surface area contributed by atoms with Crippen LogP contribution in [0.5, 0.6) is 0 Å². The number of fused-ring (bicyclic) bond motifs is 1. The monoisotopic (exact) mass is 633 g/mol. The Morgan fingerprint density at radius 3 is 2.22 bits per heavy atom. The first-order chi connectivity index (χ1) is 20.7. The first-order valence-electron chi connectivity index (χ1n) is 15.1. The van der Waals surface area contributed by atoms with Crippen LogP contribution in [0.3, 0.4) is 0 Å². The van der Waals surface area contributed by atoms with Crippen LogP contribution in [0, 0.1) is 0 Å². The number of halogens is 5. The van der Waals surface area contributed by atoms with E-state index < -0.39 is 23.2 Å². The Bertz CT molecular complexity index is 1560. The molecule has 2 heterocycles. The third-order valence-corrected chi connectivity index (χ3v) is 7.35. The second kappa shape index (κ2) is 13.4. The highest BCUT2D eigenvalue weighted by Crippen LogP contribution is 2.37. The van der Waals surface area contributed by atoms with Crippen molar-refractivity contribution in [1.82, 2.24) is 20.4 Å². The van der Waals surface area contributed by atoms with Gasteiger partial charge in [0, 0.05) is 42.1 Å². The van der Waals surface area contributed by atoms with Gasteiger partial charge in [0.2, 0.25) is 5.91 Å². The SMILES string of the molecule is CC.CC(=O)NC(=NC1CC(C)(C)NC(C)(C)C1)/C(C)=C/c1ccc2nn(Cc3ccc(C(F)(F)F)cc3C(C)(F)F)cc2c1. The smallest absolute Gasteiger partial charge is 0.311 e. The molecule has 1 saturated heterocycles. The number of carbonyl (C=O) groups is 1. The molecule has 1 aliphatic heterocycles. The second-order valence-corrected chi connectivity index (χ2v) is 12.8. The molecule has 6 nitrogen and oxygen atoms in total. The number of piperidine rings is 1. The van der Waals surface area contributed by atoms with Gasteiger partial charge in [0.05, 0.1) is 23.7 Å². The van der Waals surface area contributed by atoms with Crippen molar-refractivity contribution >= 4 is 28.7 Å². The average molecular weight is 634 g/mol. The minimum absolute atomic E-state index is 0.00255. The number of amides is 1. The maximum absolute atomic E-state index is 14.3. The van der Waals surface area contributed by atoms with Gasteiger partial charge in [0.1, 0.15) is 5.84 Å². The molecule has 1 fully saturated rings. The van der Waals surface area contributed by atoms with E-state index >= 15 is 0 Å². The summed E-state index contributed by atoms with van der Waals surface area (Å²) >= 11 is 0. The molecular formula is C34H44F5N5O. The molecule has 3 aromatic rings. The summed E-state index contributed by atoms with van der Waals surface area (Å²) in [6.07, 6.45) is 0.450. The van der Waals surface area contributed by atoms with Crippen LogP contribution in [0.2, 0.25) is 0 Å². The second-order valence-electron chi connectivity index (χ2n) is 12.8. The van der Waals surface area contributed by atoms with Gasteiger partial charge >= 0.3 is 6.18 Å². The van der Waals surface area contributed by atoms with Gasteiger partial charge in [0.25, 0.3) is 5.92 Å². The maximum Gasteiger partial charge on any atom is 0.416 e. The molecule has 11 heteroatoms. The summed E-state index contributed by atoms with van der Waals surface area (Å²) in [4.78, 5) is 17.0. The van der Waals surface area contributed by atoms with Crippen LogP contribution in [-0.2, 0) is 23.4 Å². The topological polar surface area (TPSA) is 71.3 Å². The van der Waals surface area contributed by atoms with Crippen LogP contribution in [0.4, 0.5) is 22.0 Å². The van der Waals surface area contributed by atoms with Crippen molar-refractivity contribution in [1.29, 1.82) is 0 Å². The third kappa shape index (κ3) is 9.69. The van der Waals surface area contributed by atoms with E-state index in [0.717, 1.165) is 41.5 Å². The van der Waals surface area contributed by atoms with Gasteiger partial charge in [-0.1, -0.05) is 26.0 Å². The number of aliphatic imine (C=N–C) groups is 1. The number of nitrogens with zero attached hydrogens (tertiary/aromatic N) is 3. The Kier molecular flexibility index (Phi) is 10.7. The first kappa shape index (κ1) is 35.9. The van der Waals surface area contributed by atoms with Gasteiger partial charge in [0.15, 0.2) is 0 Å². The van der Waals surface area contributed by atoms with Crippen LogP contribution in [-0.4, -0.2) is 38.6 Å². The van der Waals surface area contributed by atoms with E-state index in [1.54, 1.807) is 12.3 Å². The van der Waals surface area contributed by atoms with Crippen molar-refractivity contribution in [3.05, 3.63) is 70.4 Å². The number of nitrogens with one attached hydrogen (secondary N) is 2. The van der Waals surface area contributed by atoms with Crippen LogP contribution >= 0.6 is 0 Å². The lowest BCUT2D eigenvalue weighted by molar-refractivity contribution is -0.137. The highest BCUT2D eigenvalue weighted by molar-refractivity contribution is 6.09. The molecule has 0 unspecified atom stereocenters. The molecule has 2 N–H and O–H groups in total. The molecule has 0 bridgehead atoms. The van der Waals surface area contributed by atoms with Crippen molar-refractivity contribution in [2.45, 2.75) is 111 Å². The average Bonchev–Trinajstić information content (AvgIpc) is 3.28. The predicted octanol–water partition coefficient (Wildman–Crippen LogP) is 8.49. The molecular weight excluding hydrogens is 589 g/mol. The zero-order valence-corrected chi connectivity index (χ0v) is 27.5.